The number of rotatable bonds is 5. The lowest BCUT2D eigenvalue weighted by Gasteiger charge is -2.17. The highest BCUT2D eigenvalue weighted by Crippen LogP contribution is 2.27. The van der Waals surface area contributed by atoms with Gasteiger partial charge in [0.1, 0.15) is 5.76 Å². The largest absolute Gasteiger partial charge is 0.469 e. The monoisotopic (exact) mass is 198 g/mol. The van der Waals surface area contributed by atoms with Gasteiger partial charge in [-0.25, -0.2) is 0 Å². The zero-order chi connectivity index (χ0) is 10.6. The van der Waals surface area contributed by atoms with E-state index in [0.717, 1.165) is 17.7 Å². The van der Waals surface area contributed by atoms with Crippen LogP contribution in [0.3, 0.4) is 0 Å². The van der Waals surface area contributed by atoms with Crippen LogP contribution in [0.2, 0.25) is 0 Å². The van der Waals surface area contributed by atoms with E-state index in [1.54, 1.807) is 13.4 Å². The molecule has 3 heteroatoms. The lowest BCUT2D eigenvalue weighted by atomic mass is 9.95. The minimum absolute atomic E-state index is 0.186. The highest BCUT2D eigenvalue weighted by Gasteiger charge is 2.19. The maximum atomic E-state index is 9.97. The van der Waals surface area contributed by atoms with E-state index >= 15 is 0 Å². The van der Waals surface area contributed by atoms with E-state index in [-0.39, 0.29) is 5.92 Å². The fourth-order valence-corrected chi connectivity index (χ4v) is 1.47. The standard InChI is InChI=1S/C11H18O3/c1-8(4-6-13-3)11(12)10-5-7-14-9(10)2/h5,7-8,11-12H,4,6H2,1-3H3. The van der Waals surface area contributed by atoms with Crippen molar-refractivity contribution in [2.75, 3.05) is 13.7 Å². The summed E-state index contributed by atoms with van der Waals surface area (Å²) in [6.07, 6.45) is 2.00. The molecule has 1 aromatic heterocycles. The Bertz CT molecular complexity index is 267. The van der Waals surface area contributed by atoms with Crippen LogP contribution in [0.4, 0.5) is 0 Å². The van der Waals surface area contributed by atoms with Crippen molar-refractivity contribution in [1.29, 1.82) is 0 Å². The summed E-state index contributed by atoms with van der Waals surface area (Å²) in [4.78, 5) is 0. The molecule has 1 rings (SSSR count). The van der Waals surface area contributed by atoms with Crippen LogP contribution in [0.25, 0.3) is 0 Å². The Morgan fingerprint density at radius 3 is 2.79 bits per heavy atom. The Labute approximate surface area is 84.7 Å². The Hall–Kier alpha value is -0.800. The Morgan fingerprint density at radius 1 is 1.57 bits per heavy atom. The van der Waals surface area contributed by atoms with E-state index in [2.05, 4.69) is 0 Å². The first kappa shape index (κ1) is 11.3. The molecule has 0 bridgehead atoms. The maximum absolute atomic E-state index is 9.97. The Kier molecular flexibility index (Phi) is 4.17. The van der Waals surface area contributed by atoms with E-state index in [9.17, 15) is 5.11 Å². The molecule has 0 aromatic carbocycles. The van der Waals surface area contributed by atoms with Crippen LogP contribution in [0.1, 0.15) is 30.8 Å². The van der Waals surface area contributed by atoms with Gasteiger partial charge in [0.05, 0.1) is 12.4 Å². The minimum Gasteiger partial charge on any atom is -0.469 e. The summed E-state index contributed by atoms with van der Waals surface area (Å²) in [5, 5.41) is 9.97. The average molecular weight is 198 g/mol. The molecule has 14 heavy (non-hydrogen) atoms. The molecule has 1 N–H and O–H groups in total. The fourth-order valence-electron chi connectivity index (χ4n) is 1.47. The highest BCUT2D eigenvalue weighted by atomic mass is 16.5. The summed E-state index contributed by atoms with van der Waals surface area (Å²) >= 11 is 0. The molecule has 80 valence electrons. The second-order valence-corrected chi connectivity index (χ2v) is 3.64. The highest BCUT2D eigenvalue weighted by molar-refractivity contribution is 5.18. The molecule has 0 aliphatic rings. The average Bonchev–Trinajstić information content (AvgIpc) is 2.59. The molecule has 0 aliphatic carbocycles. The topological polar surface area (TPSA) is 42.6 Å². The molecule has 0 spiro atoms. The van der Waals surface area contributed by atoms with Gasteiger partial charge < -0.3 is 14.3 Å². The van der Waals surface area contributed by atoms with Gasteiger partial charge in [-0.2, -0.15) is 0 Å². The lowest BCUT2D eigenvalue weighted by Crippen LogP contribution is -2.11. The van der Waals surface area contributed by atoms with Crippen molar-refractivity contribution in [2.45, 2.75) is 26.4 Å². The summed E-state index contributed by atoms with van der Waals surface area (Å²) in [5.41, 5.74) is 0.883. The Morgan fingerprint density at radius 2 is 2.29 bits per heavy atom. The van der Waals surface area contributed by atoms with Crippen molar-refractivity contribution in [3.63, 3.8) is 0 Å². The van der Waals surface area contributed by atoms with Gasteiger partial charge in [-0.15, -0.1) is 0 Å². The number of hydrogen-bond donors (Lipinski definition) is 1. The smallest absolute Gasteiger partial charge is 0.106 e. The van der Waals surface area contributed by atoms with Gasteiger partial charge in [-0.05, 0) is 25.3 Å². The van der Waals surface area contributed by atoms with Crippen molar-refractivity contribution < 1.29 is 14.3 Å². The SMILES string of the molecule is COCCC(C)C(O)c1ccoc1C. The van der Waals surface area contributed by atoms with Crippen LogP contribution in [0, 0.1) is 12.8 Å². The molecule has 0 saturated heterocycles. The summed E-state index contributed by atoms with van der Waals surface area (Å²) in [7, 11) is 1.67. The molecule has 0 saturated carbocycles. The van der Waals surface area contributed by atoms with Crippen LogP contribution in [-0.2, 0) is 4.74 Å². The molecule has 2 unspecified atom stereocenters. The summed E-state index contributed by atoms with van der Waals surface area (Å²) < 4.78 is 10.1. The van der Waals surface area contributed by atoms with Gasteiger partial charge in [0.2, 0.25) is 0 Å². The predicted octanol–water partition coefficient (Wildman–Crippen LogP) is 2.29. The van der Waals surface area contributed by atoms with Crippen molar-refractivity contribution in [2.24, 2.45) is 5.92 Å². The van der Waals surface area contributed by atoms with Gasteiger partial charge in [-0.1, -0.05) is 6.92 Å². The van der Waals surface area contributed by atoms with Gasteiger partial charge >= 0.3 is 0 Å². The summed E-state index contributed by atoms with van der Waals surface area (Å²) in [6.45, 7) is 4.55. The van der Waals surface area contributed by atoms with E-state index in [0.29, 0.717) is 6.61 Å². The maximum Gasteiger partial charge on any atom is 0.106 e. The van der Waals surface area contributed by atoms with Crippen molar-refractivity contribution in [1.82, 2.24) is 0 Å². The van der Waals surface area contributed by atoms with Crippen molar-refractivity contribution >= 4 is 0 Å². The number of furan rings is 1. The number of aliphatic hydroxyl groups excluding tert-OH is 1. The molecule has 0 fully saturated rings. The molecular formula is C11H18O3. The zero-order valence-corrected chi connectivity index (χ0v) is 8.99. The number of methoxy groups -OCH3 is 1. The number of aryl methyl sites for hydroxylation is 1. The molecule has 1 heterocycles. The molecule has 1 aromatic rings. The second-order valence-electron chi connectivity index (χ2n) is 3.64. The summed E-state index contributed by atoms with van der Waals surface area (Å²) in [6, 6.07) is 1.82. The molecule has 3 nitrogen and oxygen atoms in total. The minimum atomic E-state index is -0.455. The van der Waals surface area contributed by atoms with Crippen LogP contribution < -0.4 is 0 Å². The van der Waals surface area contributed by atoms with Crippen molar-refractivity contribution in [3.05, 3.63) is 23.7 Å². The van der Waals surface area contributed by atoms with Gasteiger partial charge in [0.15, 0.2) is 0 Å². The number of aliphatic hydroxyl groups is 1. The lowest BCUT2D eigenvalue weighted by molar-refractivity contribution is 0.0875. The summed E-state index contributed by atoms with van der Waals surface area (Å²) in [5.74, 6) is 0.980. The van der Waals surface area contributed by atoms with Crippen LogP contribution in [0.5, 0.6) is 0 Å². The van der Waals surface area contributed by atoms with Gasteiger partial charge in [-0.3, -0.25) is 0 Å². The molecular weight excluding hydrogens is 180 g/mol. The predicted molar refractivity (Wildman–Crippen MR) is 54.1 cm³/mol. The van der Waals surface area contributed by atoms with Gasteiger partial charge in [0.25, 0.3) is 0 Å². The number of hydrogen-bond acceptors (Lipinski definition) is 3. The van der Waals surface area contributed by atoms with E-state index in [1.165, 1.54) is 0 Å². The van der Waals surface area contributed by atoms with E-state index < -0.39 is 6.10 Å². The first-order valence-corrected chi connectivity index (χ1v) is 4.87. The normalized spacial score (nSPS) is 15.4. The first-order chi connectivity index (χ1) is 6.66. The van der Waals surface area contributed by atoms with E-state index in [1.807, 2.05) is 19.9 Å². The number of ether oxygens (including phenoxy) is 1. The third-order valence-corrected chi connectivity index (χ3v) is 2.53. The van der Waals surface area contributed by atoms with Crippen LogP contribution in [-0.4, -0.2) is 18.8 Å². The van der Waals surface area contributed by atoms with Crippen LogP contribution >= 0.6 is 0 Å². The fraction of sp³-hybridized carbons (Fsp3) is 0.636. The third-order valence-electron chi connectivity index (χ3n) is 2.53. The van der Waals surface area contributed by atoms with Gasteiger partial charge in [0, 0.05) is 19.3 Å². The Balaban J connectivity index is 2.56. The third kappa shape index (κ3) is 2.59. The molecule has 0 amide bonds. The molecule has 0 aliphatic heterocycles. The van der Waals surface area contributed by atoms with E-state index in [4.69, 9.17) is 9.15 Å². The second kappa shape index (κ2) is 5.17. The van der Waals surface area contributed by atoms with Crippen LogP contribution in [0.15, 0.2) is 16.7 Å². The molecule has 0 radical (unpaired) electrons. The zero-order valence-electron chi connectivity index (χ0n) is 8.99. The van der Waals surface area contributed by atoms with Crippen molar-refractivity contribution in [3.8, 4) is 0 Å². The molecule has 2 atom stereocenters. The first-order valence-electron chi connectivity index (χ1n) is 4.87. The quantitative estimate of drug-likeness (QED) is 0.789.